The summed E-state index contributed by atoms with van der Waals surface area (Å²) in [6.07, 6.45) is 4.75. The zero-order valence-corrected chi connectivity index (χ0v) is 13.2. The molecule has 1 unspecified atom stereocenters. The summed E-state index contributed by atoms with van der Waals surface area (Å²) < 4.78 is 3.32. The maximum atomic E-state index is 10.1. The lowest BCUT2D eigenvalue weighted by atomic mass is 9.95. The maximum Gasteiger partial charge on any atom is 0.0807 e. The predicted octanol–water partition coefficient (Wildman–Crippen LogP) is 4.76. The number of aliphatic hydroxyl groups is 1. The monoisotopic (exact) mass is 341 g/mol. The van der Waals surface area contributed by atoms with Gasteiger partial charge in [0.1, 0.15) is 0 Å². The van der Waals surface area contributed by atoms with Crippen molar-refractivity contribution in [3.8, 4) is 5.69 Å². The summed E-state index contributed by atoms with van der Waals surface area (Å²) in [5, 5.41) is 12.6. The van der Waals surface area contributed by atoms with Gasteiger partial charge in [0, 0.05) is 27.6 Å². The molecule has 21 heavy (non-hydrogen) atoms. The molecule has 1 aromatic heterocycles. The lowest BCUT2D eigenvalue weighted by Gasteiger charge is -2.20. The van der Waals surface area contributed by atoms with E-state index in [1.807, 2.05) is 0 Å². The third kappa shape index (κ3) is 2.21. The van der Waals surface area contributed by atoms with Crippen LogP contribution in [0.1, 0.15) is 30.2 Å². The average molecular weight is 342 g/mol. The summed E-state index contributed by atoms with van der Waals surface area (Å²) in [6.45, 7) is 0. The number of rotatable bonds is 1. The van der Waals surface area contributed by atoms with Crippen LogP contribution in [0.2, 0.25) is 0 Å². The van der Waals surface area contributed by atoms with Crippen LogP contribution in [0.5, 0.6) is 0 Å². The quantitative estimate of drug-likeness (QED) is 0.678. The Morgan fingerprint density at radius 3 is 2.76 bits per heavy atom. The molecule has 1 heterocycles. The van der Waals surface area contributed by atoms with Crippen molar-refractivity contribution in [3.05, 3.63) is 64.4 Å². The van der Waals surface area contributed by atoms with Gasteiger partial charge >= 0.3 is 0 Å². The van der Waals surface area contributed by atoms with Crippen LogP contribution < -0.4 is 0 Å². The highest BCUT2D eigenvalue weighted by Crippen LogP contribution is 2.32. The number of hydrogen-bond acceptors (Lipinski definition) is 1. The van der Waals surface area contributed by atoms with Gasteiger partial charge in [-0.05, 0) is 60.4 Å². The highest BCUT2D eigenvalue weighted by Gasteiger charge is 2.21. The van der Waals surface area contributed by atoms with E-state index in [2.05, 4.69) is 69.2 Å². The molecule has 0 radical (unpaired) electrons. The molecular formula is C18H16BrNO. The Hall–Kier alpha value is -1.58. The van der Waals surface area contributed by atoms with E-state index in [1.165, 1.54) is 22.2 Å². The number of aromatic nitrogens is 1. The Morgan fingerprint density at radius 1 is 1.05 bits per heavy atom. The van der Waals surface area contributed by atoms with Crippen LogP contribution in [0.15, 0.2) is 53.1 Å². The van der Waals surface area contributed by atoms with Crippen molar-refractivity contribution in [3.63, 3.8) is 0 Å². The molecule has 106 valence electrons. The van der Waals surface area contributed by atoms with E-state index in [1.54, 1.807) is 0 Å². The van der Waals surface area contributed by atoms with Crippen LogP contribution in [0.25, 0.3) is 16.5 Å². The largest absolute Gasteiger partial charge is 0.388 e. The Morgan fingerprint density at radius 2 is 1.86 bits per heavy atom. The van der Waals surface area contributed by atoms with E-state index in [4.69, 9.17) is 0 Å². The van der Waals surface area contributed by atoms with Crippen molar-refractivity contribution in [2.24, 2.45) is 0 Å². The molecule has 0 aliphatic heterocycles. The van der Waals surface area contributed by atoms with Gasteiger partial charge in [-0.3, -0.25) is 0 Å². The van der Waals surface area contributed by atoms with Crippen molar-refractivity contribution in [1.82, 2.24) is 4.57 Å². The molecule has 0 spiro atoms. The van der Waals surface area contributed by atoms with Crippen molar-refractivity contribution in [2.75, 3.05) is 0 Å². The van der Waals surface area contributed by atoms with Gasteiger partial charge in [-0.1, -0.05) is 28.1 Å². The summed E-state index contributed by atoms with van der Waals surface area (Å²) in [5.74, 6) is 0. The van der Waals surface area contributed by atoms with Crippen LogP contribution in [-0.4, -0.2) is 9.67 Å². The van der Waals surface area contributed by atoms with Crippen molar-refractivity contribution in [1.29, 1.82) is 0 Å². The second kappa shape index (κ2) is 5.00. The summed E-state index contributed by atoms with van der Waals surface area (Å²) in [6, 6.07) is 14.9. The summed E-state index contributed by atoms with van der Waals surface area (Å²) >= 11 is 3.51. The molecule has 2 aromatic carbocycles. The van der Waals surface area contributed by atoms with Gasteiger partial charge < -0.3 is 9.67 Å². The third-order valence-electron chi connectivity index (χ3n) is 4.34. The standard InChI is InChI=1S/C18H16BrNO/c19-14-6-4-13-11-15(7-5-12(13)10-14)20-9-8-16-17(20)2-1-3-18(16)21/h4-11,18,21H,1-3H2. The summed E-state index contributed by atoms with van der Waals surface area (Å²) in [4.78, 5) is 0. The lowest BCUT2D eigenvalue weighted by molar-refractivity contribution is 0.156. The fourth-order valence-electron chi connectivity index (χ4n) is 3.26. The minimum atomic E-state index is -0.300. The zero-order valence-electron chi connectivity index (χ0n) is 11.6. The Bertz CT molecular complexity index is 821. The maximum absolute atomic E-state index is 10.1. The first-order valence-corrected chi connectivity index (χ1v) is 8.09. The number of benzene rings is 2. The average Bonchev–Trinajstić information content (AvgIpc) is 2.92. The van der Waals surface area contributed by atoms with Gasteiger partial charge in [0.15, 0.2) is 0 Å². The van der Waals surface area contributed by atoms with E-state index in [0.29, 0.717) is 0 Å². The van der Waals surface area contributed by atoms with Crippen LogP contribution in [0, 0.1) is 0 Å². The Balaban J connectivity index is 1.85. The lowest BCUT2D eigenvalue weighted by Crippen LogP contribution is -2.10. The molecule has 4 rings (SSSR count). The second-order valence-electron chi connectivity index (χ2n) is 5.67. The fourth-order valence-corrected chi connectivity index (χ4v) is 3.64. The summed E-state index contributed by atoms with van der Waals surface area (Å²) in [5.41, 5.74) is 3.52. The van der Waals surface area contributed by atoms with E-state index < -0.39 is 0 Å². The highest BCUT2D eigenvalue weighted by molar-refractivity contribution is 9.10. The van der Waals surface area contributed by atoms with Gasteiger partial charge in [0.2, 0.25) is 0 Å². The predicted molar refractivity (Wildman–Crippen MR) is 88.9 cm³/mol. The number of aliphatic hydroxyl groups excluding tert-OH is 1. The van der Waals surface area contributed by atoms with Crippen LogP contribution in [0.4, 0.5) is 0 Å². The first kappa shape index (κ1) is 13.1. The van der Waals surface area contributed by atoms with E-state index in [0.717, 1.165) is 29.3 Å². The van der Waals surface area contributed by atoms with Crippen molar-refractivity contribution < 1.29 is 5.11 Å². The molecular weight excluding hydrogens is 326 g/mol. The van der Waals surface area contributed by atoms with E-state index in [-0.39, 0.29) is 6.10 Å². The first-order chi connectivity index (χ1) is 10.2. The van der Waals surface area contributed by atoms with E-state index in [9.17, 15) is 5.11 Å². The van der Waals surface area contributed by atoms with Crippen LogP contribution >= 0.6 is 15.9 Å². The van der Waals surface area contributed by atoms with Gasteiger partial charge in [-0.15, -0.1) is 0 Å². The van der Waals surface area contributed by atoms with Crippen LogP contribution in [0.3, 0.4) is 0 Å². The Labute approximate surface area is 132 Å². The molecule has 1 aliphatic rings. The number of halogens is 1. The SMILES string of the molecule is OC1CCCc2c1ccn2-c1ccc2cc(Br)ccc2c1. The van der Waals surface area contributed by atoms with Gasteiger partial charge in [0.05, 0.1) is 6.10 Å². The van der Waals surface area contributed by atoms with Crippen molar-refractivity contribution in [2.45, 2.75) is 25.4 Å². The molecule has 0 bridgehead atoms. The minimum absolute atomic E-state index is 0.300. The van der Waals surface area contributed by atoms with E-state index >= 15 is 0 Å². The topological polar surface area (TPSA) is 25.2 Å². The molecule has 0 saturated heterocycles. The third-order valence-corrected chi connectivity index (χ3v) is 4.83. The zero-order chi connectivity index (χ0) is 14.4. The van der Waals surface area contributed by atoms with Gasteiger partial charge in [-0.2, -0.15) is 0 Å². The number of hydrogen-bond donors (Lipinski definition) is 1. The second-order valence-corrected chi connectivity index (χ2v) is 6.59. The Kier molecular flexibility index (Phi) is 3.12. The molecule has 3 heteroatoms. The minimum Gasteiger partial charge on any atom is -0.388 e. The normalized spacial score (nSPS) is 17.9. The molecule has 1 aliphatic carbocycles. The number of fused-ring (bicyclic) bond motifs is 2. The van der Waals surface area contributed by atoms with Gasteiger partial charge in [0.25, 0.3) is 0 Å². The molecule has 1 atom stereocenters. The van der Waals surface area contributed by atoms with Gasteiger partial charge in [-0.25, -0.2) is 0 Å². The fraction of sp³-hybridized carbons (Fsp3) is 0.222. The molecule has 0 saturated carbocycles. The molecule has 3 aromatic rings. The van der Waals surface area contributed by atoms with Crippen molar-refractivity contribution >= 4 is 26.7 Å². The first-order valence-electron chi connectivity index (χ1n) is 7.30. The molecule has 2 nitrogen and oxygen atoms in total. The highest BCUT2D eigenvalue weighted by atomic mass is 79.9. The molecule has 0 fully saturated rings. The molecule has 1 N–H and O–H groups in total. The molecule has 0 amide bonds. The smallest absolute Gasteiger partial charge is 0.0807 e. The number of nitrogens with zero attached hydrogens (tertiary/aromatic N) is 1. The van der Waals surface area contributed by atoms with Crippen LogP contribution in [-0.2, 0) is 6.42 Å². The summed E-state index contributed by atoms with van der Waals surface area (Å²) in [7, 11) is 0.